The third kappa shape index (κ3) is 7.40. The average molecular weight is 694 g/mol. The van der Waals surface area contributed by atoms with Crippen molar-refractivity contribution in [2.24, 2.45) is 0 Å². The number of aromatic nitrogens is 2. The zero-order valence-electron chi connectivity index (χ0n) is 25.6. The molecule has 4 aromatic carbocycles. The number of unbranched alkanes of at least 4 members (excludes halogenated alkanes) is 1. The van der Waals surface area contributed by atoms with E-state index in [0.717, 1.165) is 19.1 Å². The number of rotatable bonds is 13. The summed E-state index contributed by atoms with van der Waals surface area (Å²) in [4.78, 5) is 30.7. The summed E-state index contributed by atoms with van der Waals surface area (Å²) in [7, 11) is -7.87. The Morgan fingerprint density at radius 1 is 0.915 bits per heavy atom. The van der Waals surface area contributed by atoms with E-state index in [-0.39, 0.29) is 50.0 Å². The molecule has 0 spiro atoms. The second-order valence-corrected chi connectivity index (χ2v) is 15.1. The number of fused-ring (bicyclic) bond motifs is 1. The fraction of sp³-hybridized carbons (Fsp3) is 0.206. The molecule has 0 aliphatic rings. The maximum atomic E-state index is 13.7. The molecule has 10 nitrogen and oxygen atoms in total. The third-order valence-electron chi connectivity index (χ3n) is 7.52. The smallest absolute Gasteiger partial charge is 0.269 e. The van der Waals surface area contributed by atoms with E-state index in [1.54, 1.807) is 72.8 Å². The molecule has 13 heteroatoms. The monoisotopic (exact) mass is 693 g/mol. The molecule has 47 heavy (non-hydrogen) atoms. The van der Waals surface area contributed by atoms with E-state index in [1.807, 2.05) is 6.92 Å². The van der Waals surface area contributed by atoms with Crippen LogP contribution in [0.1, 0.15) is 42.9 Å². The summed E-state index contributed by atoms with van der Waals surface area (Å²) in [6, 6.07) is 25.0. The van der Waals surface area contributed by atoms with Crippen LogP contribution in [-0.2, 0) is 37.6 Å². The Morgan fingerprint density at radius 3 is 2.23 bits per heavy atom. The summed E-state index contributed by atoms with van der Waals surface area (Å²) < 4.78 is 59.7. The van der Waals surface area contributed by atoms with Crippen molar-refractivity contribution in [1.29, 1.82) is 0 Å². The number of hydrogen-bond donors (Lipinski definition) is 0. The van der Waals surface area contributed by atoms with Crippen molar-refractivity contribution in [3.63, 3.8) is 0 Å². The molecule has 0 saturated heterocycles. The van der Waals surface area contributed by atoms with Gasteiger partial charge in [-0.15, -0.1) is 0 Å². The van der Waals surface area contributed by atoms with Crippen LogP contribution >= 0.6 is 11.6 Å². The van der Waals surface area contributed by atoms with E-state index in [0.29, 0.717) is 27.6 Å². The lowest BCUT2D eigenvalue weighted by Crippen LogP contribution is -2.37. The van der Waals surface area contributed by atoms with E-state index < -0.39 is 26.1 Å². The maximum absolute atomic E-state index is 13.7. The first kappa shape index (κ1) is 33.8. The molecule has 1 atom stereocenters. The Labute approximate surface area is 278 Å². The van der Waals surface area contributed by atoms with Gasteiger partial charge < -0.3 is 4.74 Å². The van der Waals surface area contributed by atoms with Crippen LogP contribution in [0.2, 0.25) is 5.02 Å². The largest absolute Gasteiger partial charge is 0.465 e. The number of aryl methyl sites for hydroxylation is 1. The van der Waals surface area contributed by atoms with Gasteiger partial charge >= 0.3 is 0 Å². The number of amides is 1. The molecule has 0 fully saturated rings. The summed E-state index contributed by atoms with van der Waals surface area (Å²) in [5.41, 5.74) is 1.02. The first-order chi connectivity index (χ1) is 22.4. The lowest BCUT2D eigenvalue weighted by molar-refractivity contribution is -0.119. The van der Waals surface area contributed by atoms with Crippen LogP contribution in [0.25, 0.3) is 10.9 Å². The van der Waals surface area contributed by atoms with Crippen molar-refractivity contribution in [2.45, 2.75) is 48.7 Å². The Morgan fingerprint density at radius 2 is 1.60 bits per heavy atom. The van der Waals surface area contributed by atoms with Crippen molar-refractivity contribution in [2.75, 3.05) is 6.26 Å². The minimum Gasteiger partial charge on any atom is -0.465 e. The standard InChI is InChI=1S/C34H32ClN3O7S2/c1-3-4-14-32-36-31-20-19-27(46(2,41)42)21-29(31)33(40)37(32)22-24-15-17-25(18-16-24)45-34(28-12-8-9-13-30(28)35)38(23-39)47(43,44)26-10-6-5-7-11-26/h5-13,15-21,23,34H,3-4,14,22H2,1-2H3. The van der Waals surface area contributed by atoms with Crippen LogP contribution in [0.5, 0.6) is 5.75 Å². The highest BCUT2D eigenvalue weighted by molar-refractivity contribution is 7.90. The minimum absolute atomic E-state index is 0.0324. The van der Waals surface area contributed by atoms with Gasteiger partial charge in [0.25, 0.3) is 15.6 Å². The predicted octanol–water partition coefficient (Wildman–Crippen LogP) is 5.77. The second kappa shape index (κ2) is 14.1. The zero-order chi connectivity index (χ0) is 33.8. The number of carbonyl (C=O) groups is 1. The highest BCUT2D eigenvalue weighted by atomic mass is 35.5. The van der Waals surface area contributed by atoms with Gasteiger partial charge in [0.15, 0.2) is 9.84 Å². The van der Waals surface area contributed by atoms with E-state index in [4.69, 9.17) is 21.3 Å². The summed E-state index contributed by atoms with van der Waals surface area (Å²) >= 11 is 6.45. The molecule has 5 aromatic rings. The number of hydrogen-bond acceptors (Lipinski definition) is 8. The van der Waals surface area contributed by atoms with E-state index in [9.17, 15) is 26.4 Å². The van der Waals surface area contributed by atoms with Gasteiger partial charge in [-0.05, 0) is 60.5 Å². The van der Waals surface area contributed by atoms with Crippen molar-refractivity contribution in [1.82, 2.24) is 13.9 Å². The number of carbonyl (C=O) groups excluding carboxylic acids is 1. The second-order valence-electron chi connectivity index (χ2n) is 10.9. The molecule has 0 bridgehead atoms. The molecule has 1 heterocycles. The molecular formula is C34H32ClN3O7S2. The van der Waals surface area contributed by atoms with Crippen LogP contribution in [0.3, 0.4) is 0 Å². The highest BCUT2D eigenvalue weighted by Gasteiger charge is 2.34. The Balaban J connectivity index is 1.50. The summed E-state index contributed by atoms with van der Waals surface area (Å²) in [5.74, 6) is 0.810. The summed E-state index contributed by atoms with van der Waals surface area (Å²) in [6.07, 6.45) is 2.08. The van der Waals surface area contributed by atoms with Gasteiger partial charge in [-0.2, -0.15) is 4.31 Å². The van der Waals surface area contributed by atoms with Gasteiger partial charge in [0.2, 0.25) is 12.6 Å². The first-order valence-corrected chi connectivity index (χ1v) is 18.4. The Bertz CT molecular complexity index is 2190. The normalized spacial score (nSPS) is 12.5. The van der Waals surface area contributed by atoms with E-state index in [1.165, 1.54) is 28.8 Å². The minimum atomic E-state index is -4.33. The molecule has 5 rings (SSSR count). The molecule has 0 aliphatic carbocycles. The molecule has 1 aromatic heterocycles. The lowest BCUT2D eigenvalue weighted by Gasteiger charge is -2.29. The zero-order valence-corrected chi connectivity index (χ0v) is 28.0. The van der Waals surface area contributed by atoms with Gasteiger partial charge in [-0.3, -0.25) is 14.2 Å². The lowest BCUT2D eigenvalue weighted by atomic mass is 10.1. The van der Waals surface area contributed by atoms with Gasteiger partial charge in [-0.25, -0.2) is 21.8 Å². The van der Waals surface area contributed by atoms with Crippen LogP contribution in [0.15, 0.2) is 112 Å². The number of ether oxygens (including phenoxy) is 1. The molecule has 0 N–H and O–H groups in total. The van der Waals surface area contributed by atoms with Crippen LogP contribution < -0.4 is 10.3 Å². The van der Waals surface area contributed by atoms with Gasteiger partial charge in [0.05, 0.1) is 27.2 Å². The van der Waals surface area contributed by atoms with Gasteiger partial charge in [-0.1, -0.05) is 73.5 Å². The summed E-state index contributed by atoms with van der Waals surface area (Å²) in [5, 5.41) is 0.398. The SMILES string of the molecule is CCCCc1nc2ccc(S(C)(=O)=O)cc2c(=O)n1Cc1ccc(OC(c2ccccc2Cl)N(C=O)S(=O)(=O)c2ccccc2)cc1. The maximum Gasteiger partial charge on any atom is 0.269 e. The predicted molar refractivity (Wildman–Crippen MR) is 180 cm³/mol. The highest BCUT2D eigenvalue weighted by Crippen LogP contribution is 2.33. The molecular weight excluding hydrogens is 662 g/mol. The summed E-state index contributed by atoms with van der Waals surface area (Å²) in [6.45, 7) is 2.17. The molecule has 0 radical (unpaired) electrons. The van der Waals surface area contributed by atoms with Crippen molar-refractivity contribution < 1.29 is 26.4 Å². The number of halogens is 1. The van der Waals surface area contributed by atoms with Crippen LogP contribution in [-0.4, -0.2) is 43.4 Å². The number of nitrogens with zero attached hydrogens (tertiary/aromatic N) is 3. The van der Waals surface area contributed by atoms with Crippen molar-refractivity contribution in [3.8, 4) is 5.75 Å². The van der Waals surface area contributed by atoms with E-state index >= 15 is 0 Å². The fourth-order valence-electron chi connectivity index (χ4n) is 5.03. The Hall–Kier alpha value is -4.52. The molecule has 0 saturated carbocycles. The van der Waals surface area contributed by atoms with Gasteiger partial charge in [0.1, 0.15) is 11.6 Å². The first-order valence-electron chi connectivity index (χ1n) is 14.7. The van der Waals surface area contributed by atoms with Gasteiger partial charge in [0, 0.05) is 23.3 Å². The molecule has 1 unspecified atom stereocenters. The number of benzene rings is 4. The molecule has 1 amide bonds. The van der Waals surface area contributed by atoms with Crippen LogP contribution in [0, 0.1) is 0 Å². The topological polar surface area (TPSA) is 133 Å². The van der Waals surface area contributed by atoms with Crippen LogP contribution in [0.4, 0.5) is 0 Å². The quantitative estimate of drug-likeness (QED) is 0.112. The third-order valence-corrected chi connectivity index (χ3v) is 10.7. The van der Waals surface area contributed by atoms with Crippen molar-refractivity contribution >= 4 is 48.8 Å². The van der Waals surface area contributed by atoms with Crippen molar-refractivity contribution in [3.05, 3.63) is 129 Å². The molecule has 244 valence electrons. The number of sulfonamides is 1. The Kier molecular flexibility index (Phi) is 10.1. The van der Waals surface area contributed by atoms with E-state index in [2.05, 4.69) is 0 Å². The molecule has 0 aliphatic heterocycles. The average Bonchev–Trinajstić information content (AvgIpc) is 3.06. The number of sulfone groups is 1. The fourth-order valence-corrected chi connectivity index (χ4v) is 7.17.